The molecule has 0 spiro atoms. The first-order chi connectivity index (χ1) is 9.69. The Kier molecular flexibility index (Phi) is 4.32. The molecule has 4 atom stereocenters. The molecule has 0 heterocycles. The van der Waals surface area contributed by atoms with E-state index in [9.17, 15) is 4.39 Å². The Bertz CT molecular complexity index is 456. The number of benzene rings is 1. The Morgan fingerprint density at radius 2 is 2.20 bits per heavy atom. The number of hydrogen-bond acceptors (Lipinski definition) is 1. The molecule has 1 aromatic carbocycles. The number of halogens is 2. The second-order valence-corrected chi connectivity index (χ2v) is 6.82. The monoisotopic (exact) mass is 295 g/mol. The molecular formula is C17H23ClFN. The van der Waals surface area contributed by atoms with Gasteiger partial charge in [-0.25, -0.2) is 4.39 Å². The lowest BCUT2D eigenvalue weighted by Gasteiger charge is -2.28. The van der Waals surface area contributed by atoms with Crippen molar-refractivity contribution in [1.29, 1.82) is 0 Å². The van der Waals surface area contributed by atoms with E-state index in [1.165, 1.54) is 31.7 Å². The molecular weight excluding hydrogens is 273 g/mol. The molecule has 0 amide bonds. The number of hydrogen-bond donors (Lipinski definition) is 1. The molecule has 1 N–H and O–H groups in total. The second kappa shape index (κ2) is 6.03. The lowest BCUT2D eigenvalue weighted by molar-refractivity contribution is 0.278. The zero-order valence-electron chi connectivity index (χ0n) is 12.0. The van der Waals surface area contributed by atoms with E-state index in [2.05, 4.69) is 12.2 Å². The Hall–Kier alpha value is -0.600. The Morgan fingerprint density at radius 3 is 2.80 bits per heavy atom. The standard InChI is InChI=1S/C17H23ClFN/c1-2-20-16(17-14(18)4-3-5-15(17)19)10-13-9-11-6-7-12(13)8-11/h3-5,11-13,16,20H,2,6-10H2,1H3. The topological polar surface area (TPSA) is 12.0 Å². The molecule has 1 aromatic rings. The van der Waals surface area contributed by atoms with Crippen LogP contribution in [0.1, 0.15) is 50.6 Å². The van der Waals surface area contributed by atoms with E-state index in [-0.39, 0.29) is 11.9 Å². The van der Waals surface area contributed by atoms with Gasteiger partial charge in [0, 0.05) is 16.6 Å². The van der Waals surface area contributed by atoms with Crippen molar-refractivity contribution in [2.45, 2.75) is 45.1 Å². The van der Waals surface area contributed by atoms with E-state index < -0.39 is 0 Å². The van der Waals surface area contributed by atoms with Crippen LogP contribution in [0, 0.1) is 23.6 Å². The molecule has 2 fully saturated rings. The predicted molar refractivity (Wildman–Crippen MR) is 81.4 cm³/mol. The summed E-state index contributed by atoms with van der Waals surface area (Å²) in [6.45, 7) is 2.92. The average molecular weight is 296 g/mol. The van der Waals surface area contributed by atoms with Gasteiger partial charge in [0.2, 0.25) is 0 Å². The van der Waals surface area contributed by atoms with E-state index in [0.717, 1.165) is 30.7 Å². The summed E-state index contributed by atoms with van der Waals surface area (Å²) in [5, 5.41) is 4.00. The van der Waals surface area contributed by atoms with Gasteiger partial charge in [0.1, 0.15) is 5.82 Å². The summed E-state index contributed by atoms with van der Waals surface area (Å²) >= 11 is 6.24. The summed E-state index contributed by atoms with van der Waals surface area (Å²) in [4.78, 5) is 0. The molecule has 0 radical (unpaired) electrons. The molecule has 2 aliphatic carbocycles. The van der Waals surface area contributed by atoms with Gasteiger partial charge in [-0.3, -0.25) is 0 Å². The lowest BCUT2D eigenvalue weighted by atomic mass is 9.82. The van der Waals surface area contributed by atoms with Crippen molar-refractivity contribution in [3.63, 3.8) is 0 Å². The minimum absolute atomic E-state index is 0.0537. The van der Waals surface area contributed by atoms with Crippen LogP contribution in [0.4, 0.5) is 4.39 Å². The van der Waals surface area contributed by atoms with Crippen molar-refractivity contribution in [3.8, 4) is 0 Å². The van der Waals surface area contributed by atoms with Gasteiger partial charge in [-0.1, -0.05) is 31.0 Å². The SMILES string of the molecule is CCNC(CC1CC2CCC1C2)c1c(F)cccc1Cl. The lowest BCUT2D eigenvalue weighted by Crippen LogP contribution is -2.26. The third-order valence-corrected chi connectivity index (χ3v) is 5.55. The molecule has 0 aliphatic heterocycles. The molecule has 2 bridgehead atoms. The van der Waals surface area contributed by atoms with E-state index in [1.807, 2.05) is 0 Å². The Balaban J connectivity index is 1.78. The maximum atomic E-state index is 14.2. The molecule has 3 rings (SSSR count). The number of nitrogens with one attached hydrogen (secondary N) is 1. The van der Waals surface area contributed by atoms with Gasteiger partial charge in [-0.05, 0) is 62.1 Å². The van der Waals surface area contributed by atoms with Gasteiger partial charge in [0.15, 0.2) is 0 Å². The fourth-order valence-electron chi connectivity index (χ4n) is 4.36. The van der Waals surface area contributed by atoms with Gasteiger partial charge in [0.25, 0.3) is 0 Å². The second-order valence-electron chi connectivity index (χ2n) is 6.42. The highest BCUT2D eigenvalue weighted by Crippen LogP contribution is 2.51. The molecule has 110 valence electrons. The van der Waals surface area contributed by atoms with Crippen LogP contribution in [0.2, 0.25) is 5.02 Å². The zero-order valence-corrected chi connectivity index (χ0v) is 12.8. The maximum absolute atomic E-state index is 14.2. The van der Waals surface area contributed by atoms with E-state index >= 15 is 0 Å². The molecule has 0 saturated heterocycles. The van der Waals surface area contributed by atoms with Crippen LogP contribution in [-0.2, 0) is 0 Å². The zero-order chi connectivity index (χ0) is 14.1. The van der Waals surface area contributed by atoms with Gasteiger partial charge in [-0.15, -0.1) is 0 Å². The van der Waals surface area contributed by atoms with E-state index in [1.54, 1.807) is 12.1 Å². The van der Waals surface area contributed by atoms with Gasteiger partial charge in [-0.2, -0.15) is 0 Å². The molecule has 20 heavy (non-hydrogen) atoms. The highest BCUT2D eigenvalue weighted by Gasteiger charge is 2.40. The summed E-state index contributed by atoms with van der Waals surface area (Å²) in [7, 11) is 0. The van der Waals surface area contributed by atoms with Crippen LogP contribution in [0.15, 0.2) is 18.2 Å². The molecule has 2 saturated carbocycles. The summed E-state index contributed by atoms with van der Waals surface area (Å²) in [5.41, 5.74) is 0.666. The summed E-state index contributed by atoms with van der Waals surface area (Å²) in [6.07, 6.45) is 6.54. The van der Waals surface area contributed by atoms with Gasteiger partial charge in [0.05, 0.1) is 0 Å². The first-order valence-corrected chi connectivity index (χ1v) is 8.24. The Morgan fingerprint density at radius 1 is 1.35 bits per heavy atom. The summed E-state index contributed by atoms with van der Waals surface area (Å²) in [6, 6.07) is 5.05. The summed E-state index contributed by atoms with van der Waals surface area (Å²) in [5.74, 6) is 2.37. The quantitative estimate of drug-likeness (QED) is 0.810. The maximum Gasteiger partial charge on any atom is 0.129 e. The summed E-state index contributed by atoms with van der Waals surface area (Å²) < 4.78 is 14.2. The highest BCUT2D eigenvalue weighted by atomic mass is 35.5. The van der Waals surface area contributed by atoms with Crippen LogP contribution in [0.3, 0.4) is 0 Å². The molecule has 1 nitrogen and oxygen atoms in total. The third kappa shape index (κ3) is 2.73. The largest absolute Gasteiger partial charge is 0.310 e. The molecule has 0 aromatic heterocycles. The van der Waals surface area contributed by atoms with Crippen molar-refractivity contribution >= 4 is 11.6 Å². The Labute approximate surface area is 125 Å². The van der Waals surface area contributed by atoms with Crippen molar-refractivity contribution in [2.24, 2.45) is 17.8 Å². The van der Waals surface area contributed by atoms with Crippen LogP contribution in [0.25, 0.3) is 0 Å². The molecule has 2 aliphatic rings. The fourth-order valence-corrected chi connectivity index (χ4v) is 4.66. The highest BCUT2D eigenvalue weighted by molar-refractivity contribution is 6.31. The van der Waals surface area contributed by atoms with Crippen LogP contribution < -0.4 is 5.32 Å². The average Bonchev–Trinajstić information content (AvgIpc) is 3.01. The van der Waals surface area contributed by atoms with Crippen molar-refractivity contribution < 1.29 is 4.39 Å². The number of fused-ring (bicyclic) bond motifs is 2. The number of rotatable bonds is 5. The molecule has 3 heteroatoms. The van der Waals surface area contributed by atoms with Crippen LogP contribution >= 0.6 is 11.6 Å². The molecule has 4 unspecified atom stereocenters. The smallest absolute Gasteiger partial charge is 0.129 e. The van der Waals surface area contributed by atoms with E-state index in [0.29, 0.717) is 10.6 Å². The van der Waals surface area contributed by atoms with Crippen LogP contribution in [0.5, 0.6) is 0 Å². The normalized spacial score (nSPS) is 29.9. The predicted octanol–water partition coefficient (Wildman–Crippen LogP) is 4.96. The third-order valence-electron chi connectivity index (χ3n) is 5.22. The van der Waals surface area contributed by atoms with E-state index in [4.69, 9.17) is 11.6 Å². The fraction of sp³-hybridized carbons (Fsp3) is 0.647. The minimum Gasteiger partial charge on any atom is -0.310 e. The van der Waals surface area contributed by atoms with Crippen LogP contribution in [-0.4, -0.2) is 6.54 Å². The van der Waals surface area contributed by atoms with Gasteiger partial charge >= 0.3 is 0 Å². The minimum atomic E-state index is -0.174. The van der Waals surface area contributed by atoms with Crippen molar-refractivity contribution in [1.82, 2.24) is 5.32 Å². The first-order valence-electron chi connectivity index (χ1n) is 7.86. The van der Waals surface area contributed by atoms with Crippen molar-refractivity contribution in [3.05, 3.63) is 34.6 Å². The van der Waals surface area contributed by atoms with Crippen molar-refractivity contribution in [2.75, 3.05) is 6.54 Å². The van der Waals surface area contributed by atoms with Gasteiger partial charge < -0.3 is 5.32 Å². The first kappa shape index (κ1) is 14.3.